The summed E-state index contributed by atoms with van der Waals surface area (Å²) in [6.45, 7) is 4.00. The van der Waals surface area contributed by atoms with Crippen molar-refractivity contribution >= 4 is 26.6 Å². The van der Waals surface area contributed by atoms with E-state index in [0.29, 0.717) is 11.5 Å². The lowest BCUT2D eigenvalue weighted by Crippen LogP contribution is -2.22. The SMILES string of the molecule is CCCCC1Oc2ccc3ccccc3c2/C1=N/OS(=O)(=O)c1ccc(C)cc1. The van der Waals surface area contributed by atoms with Crippen molar-refractivity contribution in [3.05, 3.63) is 71.8 Å². The van der Waals surface area contributed by atoms with E-state index in [9.17, 15) is 8.42 Å². The lowest BCUT2D eigenvalue weighted by Gasteiger charge is -2.11. The van der Waals surface area contributed by atoms with Crippen LogP contribution in [0.5, 0.6) is 5.75 Å². The molecule has 0 bridgehead atoms. The Labute approximate surface area is 171 Å². The van der Waals surface area contributed by atoms with Gasteiger partial charge < -0.3 is 4.74 Å². The molecule has 1 aliphatic rings. The molecular weight excluding hydrogens is 386 g/mol. The molecule has 6 heteroatoms. The van der Waals surface area contributed by atoms with Gasteiger partial charge >= 0.3 is 10.1 Å². The molecule has 0 aliphatic carbocycles. The molecule has 0 N–H and O–H groups in total. The summed E-state index contributed by atoms with van der Waals surface area (Å²) in [6, 6.07) is 18.3. The highest BCUT2D eigenvalue weighted by Gasteiger charge is 2.33. The summed E-state index contributed by atoms with van der Waals surface area (Å²) in [4.78, 5) is 0.0783. The highest BCUT2D eigenvalue weighted by Crippen LogP contribution is 2.37. The van der Waals surface area contributed by atoms with E-state index in [2.05, 4.69) is 12.1 Å². The van der Waals surface area contributed by atoms with Crippen LogP contribution in [0.1, 0.15) is 37.3 Å². The van der Waals surface area contributed by atoms with Gasteiger partial charge in [-0.1, -0.05) is 66.5 Å². The molecule has 0 aromatic heterocycles. The van der Waals surface area contributed by atoms with E-state index < -0.39 is 10.1 Å². The van der Waals surface area contributed by atoms with E-state index in [1.807, 2.05) is 43.3 Å². The summed E-state index contributed by atoms with van der Waals surface area (Å²) in [5.41, 5.74) is 2.31. The van der Waals surface area contributed by atoms with Gasteiger partial charge in [-0.05, 0) is 48.7 Å². The van der Waals surface area contributed by atoms with Crippen molar-refractivity contribution in [2.24, 2.45) is 5.16 Å². The first-order chi connectivity index (χ1) is 14.0. The average Bonchev–Trinajstić information content (AvgIpc) is 3.09. The zero-order valence-corrected chi connectivity index (χ0v) is 17.3. The second kappa shape index (κ2) is 7.87. The van der Waals surface area contributed by atoms with Gasteiger partial charge in [-0.3, -0.25) is 4.28 Å². The zero-order valence-electron chi connectivity index (χ0n) is 16.5. The molecular formula is C23H23NO4S. The number of rotatable bonds is 6. The van der Waals surface area contributed by atoms with Crippen LogP contribution in [0.3, 0.4) is 0 Å². The maximum atomic E-state index is 12.6. The molecule has 1 heterocycles. The maximum Gasteiger partial charge on any atom is 0.358 e. The second-order valence-electron chi connectivity index (χ2n) is 7.23. The number of hydrogen-bond donors (Lipinski definition) is 0. The van der Waals surface area contributed by atoms with Crippen molar-refractivity contribution in [3.8, 4) is 5.75 Å². The maximum absolute atomic E-state index is 12.6. The molecule has 5 nitrogen and oxygen atoms in total. The summed E-state index contributed by atoms with van der Waals surface area (Å²) in [5, 5.41) is 6.14. The minimum absolute atomic E-state index is 0.0783. The summed E-state index contributed by atoms with van der Waals surface area (Å²) in [6.07, 6.45) is 2.36. The minimum Gasteiger partial charge on any atom is -0.483 e. The molecule has 4 rings (SSSR count). The third kappa shape index (κ3) is 3.85. The first-order valence-electron chi connectivity index (χ1n) is 9.76. The lowest BCUT2D eigenvalue weighted by atomic mass is 9.98. The Morgan fingerprint density at radius 2 is 1.79 bits per heavy atom. The smallest absolute Gasteiger partial charge is 0.358 e. The van der Waals surface area contributed by atoms with Crippen molar-refractivity contribution in [1.29, 1.82) is 0 Å². The first kappa shape index (κ1) is 19.5. The van der Waals surface area contributed by atoms with Gasteiger partial charge in [0, 0.05) is 0 Å². The summed E-state index contributed by atoms with van der Waals surface area (Å²) in [7, 11) is -4.01. The minimum atomic E-state index is -4.01. The number of hydrogen-bond acceptors (Lipinski definition) is 5. The Morgan fingerprint density at radius 1 is 1.03 bits per heavy atom. The van der Waals surface area contributed by atoms with Gasteiger partial charge in [-0.15, -0.1) is 0 Å². The molecule has 0 saturated heterocycles. The highest BCUT2D eigenvalue weighted by atomic mass is 32.2. The lowest BCUT2D eigenvalue weighted by molar-refractivity contribution is 0.260. The van der Waals surface area contributed by atoms with Gasteiger partial charge in [-0.2, -0.15) is 8.42 Å². The third-order valence-electron chi connectivity index (χ3n) is 5.08. The van der Waals surface area contributed by atoms with Gasteiger partial charge in [-0.25, -0.2) is 0 Å². The van der Waals surface area contributed by atoms with Crippen molar-refractivity contribution in [2.45, 2.75) is 44.1 Å². The van der Waals surface area contributed by atoms with Crippen LogP contribution in [0, 0.1) is 6.92 Å². The number of fused-ring (bicyclic) bond motifs is 3. The fourth-order valence-corrected chi connectivity index (χ4v) is 4.24. The van der Waals surface area contributed by atoms with Crippen molar-refractivity contribution < 1.29 is 17.4 Å². The van der Waals surface area contributed by atoms with E-state index in [1.165, 1.54) is 12.1 Å². The fourth-order valence-electron chi connectivity index (χ4n) is 3.51. The number of ether oxygens (including phenoxy) is 1. The second-order valence-corrected chi connectivity index (χ2v) is 8.76. The number of nitrogens with zero attached hydrogens (tertiary/aromatic N) is 1. The molecule has 29 heavy (non-hydrogen) atoms. The van der Waals surface area contributed by atoms with Crippen LogP contribution in [0.25, 0.3) is 10.8 Å². The van der Waals surface area contributed by atoms with E-state index in [-0.39, 0.29) is 11.0 Å². The number of oxime groups is 1. The zero-order chi connectivity index (χ0) is 20.4. The monoisotopic (exact) mass is 409 g/mol. The van der Waals surface area contributed by atoms with Gasteiger partial charge in [0.15, 0.2) is 0 Å². The first-order valence-corrected chi connectivity index (χ1v) is 11.2. The third-order valence-corrected chi connectivity index (χ3v) is 6.20. The van der Waals surface area contributed by atoms with E-state index in [1.54, 1.807) is 12.1 Å². The summed E-state index contributed by atoms with van der Waals surface area (Å²) in [5.74, 6) is 0.708. The Balaban J connectivity index is 1.75. The van der Waals surface area contributed by atoms with Gasteiger partial charge in [0.05, 0.1) is 5.56 Å². The Kier molecular flexibility index (Phi) is 5.28. The fraction of sp³-hybridized carbons (Fsp3) is 0.261. The molecule has 1 unspecified atom stereocenters. The molecule has 3 aromatic rings. The van der Waals surface area contributed by atoms with Crippen LogP contribution in [-0.2, 0) is 14.4 Å². The van der Waals surface area contributed by atoms with Crippen LogP contribution < -0.4 is 4.74 Å². The largest absolute Gasteiger partial charge is 0.483 e. The van der Waals surface area contributed by atoms with Crippen LogP contribution >= 0.6 is 0 Å². The quantitative estimate of drug-likeness (QED) is 0.524. The van der Waals surface area contributed by atoms with Crippen molar-refractivity contribution in [2.75, 3.05) is 0 Å². The Hall–Kier alpha value is -2.86. The predicted molar refractivity (Wildman–Crippen MR) is 114 cm³/mol. The van der Waals surface area contributed by atoms with Crippen LogP contribution in [0.15, 0.2) is 70.7 Å². The van der Waals surface area contributed by atoms with Gasteiger partial charge in [0.2, 0.25) is 0 Å². The summed E-state index contributed by atoms with van der Waals surface area (Å²) < 4.78 is 36.5. The predicted octanol–water partition coefficient (Wildman–Crippen LogP) is 5.21. The normalized spacial score (nSPS) is 17.3. The molecule has 0 radical (unpaired) electrons. The highest BCUT2D eigenvalue weighted by molar-refractivity contribution is 7.86. The van der Waals surface area contributed by atoms with Gasteiger partial charge in [0.1, 0.15) is 22.5 Å². The molecule has 150 valence electrons. The summed E-state index contributed by atoms with van der Waals surface area (Å²) >= 11 is 0. The van der Waals surface area contributed by atoms with E-state index >= 15 is 0 Å². The van der Waals surface area contributed by atoms with Crippen LogP contribution in [0.4, 0.5) is 0 Å². The van der Waals surface area contributed by atoms with Gasteiger partial charge in [0.25, 0.3) is 0 Å². The van der Waals surface area contributed by atoms with Crippen LogP contribution in [-0.4, -0.2) is 20.2 Å². The van der Waals surface area contributed by atoms with Crippen molar-refractivity contribution in [1.82, 2.24) is 0 Å². The molecule has 0 fully saturated rings. The molecule has 0 saturated carbocycles. The molecule has 1 aliphatic heterocycles. The number of benzene rings is 3. The van der Waals surface area contributed by atoms with Crippen LogP contribution in [0.2, 0.25) is 0 Å². The van der Waals surface area contributed by atoms with Crippen molar-refractivity contribution in [3.63, 3.8) is 0 Å². The van der Waals surface area contributed by atoms with E-state index in [4.69, 9.17) is 9.02 Å². The standard InChI is InChI=1S/C23H23NO4S/c1-3-4-9-21-23(24-28-29(25,26)18-13-10-16(2)11-14-18)22-19-8-6-5-7-17(19)12-15-20(22)27-21/h5-8,10-15,21H,3-4,9H2,1-2H3/b24-23+. The average molecular weight is 410 g/mol. The number of aryl methyl sites for hydroxylation is 1. The Morgan fingerprint density at radius 3 is 2.55 bits per heavy atom. The van der Waals surface area contributed by atoms with E-state index in [0.717, 1.165) is 41.2 Å². The topological polar surface area (TPSA) is 65.0 Å². The molecule has 0 spiro atoms. The molecule has 1 atom stereocenters. The molecule has 3 aromatic carbocycles. The molecule has 0 amide bonds. The Bertz CT molecular complexity index is 1170. The number of unbranched alkanes of at least 4 members (excludes halogenated alkanes) is 1.